The maximum Gasteiger partial charge on any atom is 0.250 e. The van der Waals surface area contributed by atoms with Crippen molar-refractivity contribution in [1.29, 1.82) is 0 Å². The van der Waals surface area contributed by atoms with Crippen LogP contribution in [0.2, 0.25) is 10.0 Å². The zero-order valence-electron chi connectivity index (χ0n) is 17.0. The third-order valence-electron chi connectivity index (χ3n) is 4.45. The van der Waals surface area contributed by atoms with Gasteiger partial charge >= 0.3 is 0 Å². The summed E-state index contributed by atoms with van der Waals surface area (Å²) < 4.78 is 2.77. The summed E-state index contributed by atoms with van der Waals surface area (Å²) in [6.07, 6.45) is 1.58. The molecule has 166 valence electrons. The fraction of sp³-hybridized carbons (Fsp3) is 0.0435. The lowest BCUT2D eigenvalue weighted by Crippen LogP contribution is -2.20. The summed E-state index contributed by atoms with van der Waals surface area (Å²) in [6, 6.07) is 22.3. The van der Waals surface area contributed by atoms with Crippen molar-refractivity contribution < 1.29 is 4.79 Å². The number of nitrogens with one attached hydrogen (secondary N) is 1. The van der Waals surface area contributed by atoms with Crippen molar-refractivity contribution in [3.05, 3.63) is 92.9 Å². The molecular weight excluding hydrogens is 545 g/mol. The van der Waals surface area contributed by atoms with Crippen molar-refractivity contribution in [2.75, 3.05) is 5.75 Å². The molecule has 1 amide bonds. The zero-order chi connectivity index (χ0) is 23.2. The molecule has 0 radical (unpaired) electrons. The Morgan fingerprint density at radius 2 is 1.67 bits per heavy atom. The van der Waals surface area contributed by atoms with Gasteiger partial charge in [0.25, 0.3) is 5.91 Å². The summed E-state index contributed by atoms with van der Waals surface area (Å²) in [6.45, 7) is 0. The highest BCUT2D eigenvalue weighted by Gasteiger charge is 2.17. The molecule has 1 heterocycles. The van der Waals surface area contributed by atoms with Crippen LogP contribution >= 0.6 is 50.9 Å². The van der Waals surface area contributed by atoms with Crippen molar-refractivity contribution in [1.82, 2.24) is 20.2 Å². The third kappa shape index (κ3) is 6.03. The summed E-state index contributed by atoms with van der Waals surface area (Å²) in [5.41, 5.74) is 5.07. The highest BCUT2D eigenvalue weighted by molar-refractivity contribution is 9.10. The molecule has 1 aromatic heterocycles. The molecule has 0 aliphatic rings. The van der Waals surface area contributed by atoms with Gasteiger partial charge in [-0.05, 0) is 54.6 Å². The molecule has 0 fully saturated rings. The molecular formula is C23H16BrCl2N5OS. The number of nitrogens with zero attached hydrogens (tertiary/aromatic N) is 4. The van der Waals surface area contributed by atoms with Crippen LogP contribution in [0.15, 0.2) is 87.5 Å². The zero-order valence-corrected chi connectivity index (χ0v) is 20.9. The molecule has 0 saturated heterocycles. The van der Waals surface area contributed by atoms with E-state index in [1.54, 1.807) is 30.5 Å². The van der Waals surface area contributed by atoms with Crippen LogP contribution in [-0.2, 0) is 4.79 Å². The minimum atomic E-state index is -0.262. The van der Waals surface area contributed by atoms with E-state index in [1.165, 1.54) is 11.8 Å². The molecule has 0 unspecified atom stereocenters. The number of hydrogen-bond acceptors (Lipinski definition) is 5. The summed E-state index contributed by atoms with van der Waals surface area (Å²) in [5, 5.41) is 14.5. The maximum absolute atomic E-state index is 12.4. The molecule has 0 aliphatic heterocycles. The lowest BCUT2D eigenvalue weighted by atomic mass is 10.2. The summed E-state index contributed by atoms with van der Waals surface area (Å²) in [7, 11) is 0. The first kappa shape index (κ1) is 23.5. The van der Waals surface area contributed by atoms with E-state index >= 15 is 0 Å². The molecule has 4 aromatic rings. The second-order valence-electron chi connectivity index (χ2n) is 6.73. The monoisotopic (exact) mass is 559 g/mol. The number of carbonyl (C=O) groups is 1. The van der Waals surface area contributed by atoms with Crippen LogP contribution < -0.4 is 5.43 Å². The average Bonchev–Trinajstić information content (AvgIpc) is 3.24. The van der Waals surface area contributed by atoms with E-state index in [9.17, 15) is 4.79 Å². The Labute approximate surface area is 213 Å². The highest BCUT2D eigenvalue weighted by Crippen LogP contribution is 2.29. The Bertz CT molecular complexity index is 1290. The molecule has 33 heavy (non-hydrogen) atoms. The van der Waals surface area contributed by atoms with E-state index in [4.69, 9.17) is 23.2 Å². The first-order valence-electron chi connectivity index (χ1n) is 9.68. The average molecular weight is 561 g/mol. The fourth-order valence-corrected chi connectivity index (χ4v) is 4.27. The smallest absolute Gasteiger partial charge is 0.250 e. The predicted molar refractivity (Wildman–Crippen MR) is 137 cm³/mol. The molecule has 3 aromatic carbocycles. The molecule has 6 nitrogen and oxygen atoms in total. The maximum atomic E-state index is 12.4. The number of thioether (sulfide) groups is 1. The number of carbonyl (C=O) groups excluding carboxylic acids is 1. The Morgan fingerprint density at radius 1 is 1.00 bits per heavy atom. The molecule has 10 heteroatoms. The van der Waals surface area contributed by atoms with Crippen molar-refractivity contribution in [3.63, 3.8) is 0 Å². The first-order valence-corrected chi connectivity index (χ1v) is 12.2. The van der Waals surface area contributed by atoms with Crippen molar-refractivity contribution in [2.45, 2.75) is 5.16 Å². The van der Waals surface area contributed by atoms with Gasteiger partial charge in [0.05, 0.1) is 12.0 Å². The summed E-state index contributed by atoms with van der Waals surface area (Å²) in [5.74, 6) is 0.477. The van der Waals surface area contributed by atoms with Crippen LogP contribution in [0.5, 0.6) is 0 Å². The van der Waals surface area contributed by atoms with E-state index in [1.807, 2.05) is 53.1 Å². The van der Waals surface area contributed by atoms with Gasteiger partial charge in [-0.3, -0.25) is 9.36 Å². The third-order valence-corrected chi connectivity index (χ3v) is 6.61. The lowest BCUT2D eigenvalue weighted by Gasteiger charge is -2.10. The number of halogens is 3. The van der Waals surface area contributed by atoms with Gasteiger partial charge in [0.15, 0.2) is 11.0 Å². The standard InChI is InChI=1S/C23H16BrCl2N5OS/c24-20-4-2-1-3-16(20)13-27-28-21(32)14-33-23-30-29-22(15-5-7-17(25)8-6-15)31(23)19-11-9-18(26)10-12-19/h1-13H,14H2,(H,28,32)/b27-13-. The molecule has 0 saturated carbocycles. The number of hydrazone groups is 1. The van der Waals surface area contributed by atoms with Crippen LogP contribution in [0.25, 0.3) is 17.1 Å². The molecule has 0 atom stereocenters. The number of hydrogen-bond donors (Lipinski definition) is 1. The highest BCUT2D eigenvalue weighted by atomic mass is 79.9. The van der Waals surface area contributed by atoms with Crippen LogP contribution in [0.3, 0.4) is 0 Å². The molecule has 4 rings (SSSR count). The van der Waals surface area contributed by atoms with Gasteiger partial charge in [-0.15, -0.1) is 10.2 Å². The van der Waals surface area contributed by atoms with Crippen molar-refractivity contribution in [3.8, 4) is 17.1 Å². The van der Waals surface area contributed by atoms with E-state index in [-0.39, 0.29) is 11.7 Å². The summed E-state index contributed by atoms with van der Waals surface area (Å²) in [4.78, 5) is 12.4. The fourth-order valence-electron chi connectivity index (χ4n) is 2.89. The van der Waals surface area contributed by atoms with E-state index in [2.05, 4.69) is 36.7 Å². The van der Waals surface area contributed by atoms with Gasteiger partial charge in [-0.25, -0.2) is 5.43 Å². The van der Waals surface area contributed by atoms with Gasteiger partial charge in [-0.2, -0.15) is 5.10 Å². The topological polar surface area (TPSA) is 72.2 Å². The predicted octanol–water partition coefficient (Wildman–Crippen LogP) is 6.25. The van der Waals surface area contributed by atoms with Crippen LogP contribution in [-0.4, -0.2) is 32.6 Å². The Kier molecular flexibility index (Phi) is 7.82. The Morgan fingerprint density at radius 3 is 2.36 bits per heavy atom. The van der Waals surface area contributed by atoms with E-state index in [0.29, 0.717) is 21.0 Å². The number of benzene rings is 3. The number of rotatable bonds is 7. The molecule has 0 bridgehead atoms. The molecule has 0 aliphatic carbocycles. The SMILES string of the molecule is O=C(CSc1nnc(-c2ccc(Cl)cc2)n1-c1ccc(Cl)cc1)N/N=C\c1ccccc1Br. The minimum absolute atomic E-state index is 0.111. The van der Waals surface area contributed by atoms with Gasteiger partial charge in [0, 0.05) is 31.3 Å². The van der Waals surface area contributed by atoms with Crippen molar-refractivity contribution in [2.24, 2.45) is 5.10 Å². The van der Waals surface area contributed by atoms with Gasteiger partial charge in [0.2, 0.25) is 0 Å². The van der Waals surface area contributed by atoms with Gasteiger partial charge in [-0.1, -0.05) is 69.1 Å². The largest absolute Gasteiger partial charge is 0.272 e. The van der Waals surface area contributed by atoms with Crippen LogP contribution in [0.1, 0.15) is 5.56 Å². The second-order valence-corrected chi connectivity index (χ2v) is 9.40. The Hall–Kier alpha value is -2.65. The van der Waals surface area contributed by atoms with Crippen LogP contribution in [0, 0.1) is 0 Å². The van der Waals surface area contributed by atoms with Gasteiger partial charge in [0.1, 0.15) is 0 Å². The molecule has 0 spiro atoms. The minimum Gasteiger partial charge on any atom is -0.272 e. The van der Waals surface area contributed by atoms with E-state index < -0.39 is 0 Å². The normalized spacial score (nSPS) is 11.1. The summed E-state index contributed by atoms with van der Waals surface area (Å²) >= 11 is 16.8. The van der Waals surface area contributed by atoms with E-state index in [0.717, 1.165) is 21.3 Å². The number of aromatic nitrogens is 3. The number of amides is 1. The van der Waals surface area contributed by atoms with Gasteiger partial charge < -0.3 is 0 Å². The van der Waals surface area contributed by atoms with Crippen LogP contribution in [0.4, 0.5) is 0 Å². The lowest BCUT2D eigenvalue weighted by molar-refractivity contribution is -0.118. The second kappa shape index (κ2) is 11.0. The Balaban J connectivity index is 1.52. The van der Waals surface area contributed by atoms with Crippen molar-refractivity contribution >= 4 is 63.0 Å². The molecule has 1 N–H and O–H groups in total. The quantitative estimate of drug-likeness (QED) is 0.165. The first-order chi connectivity index (χ1) is 16.0.